The second kappa shape index (κ2) is 2.45. The van der Waals surface area contributed by atoms with E-state index < -0.39 is 0 Å². The number of hydrogen-bond acceptors (Lipinski definition) is 4. The van der Waals surface area contributed by atoms with Crippen LogP contribution in [0.5, 0.6) is 0 Å². The van der Waals surface area contributed by atoms with Crippen molar-refractivity contribution >= 4 is 5.95 Å². The smallest absolute Gasteiger partial charge is 0.239 e. The van der Waals surface area contributed by atoms with Crippen LogP contribution in [0.15, 0.2) is 6.33 Å². The summed E-state index contributed by atoms with van der Waals surface area (Å²) >= 11 is 0. The lowest BCUT2D eigenvalue weighted by Gasteiger charge is -1.91. The van der Waals surface area contributed by atoms with Gasteiger partial charge in [0.15, 0.2) is 0 Å². The fourth-order valence-electron chi connectivity index (χ4n) is 0.549. The van der Waals surface area contributed by atoms with Crippen LogP contribution in [0.1, 0.15) is 0 Å². The zero-order valence-electron chi connectivity index (χ0n) is 4.99. The van der Waals surface area contributed by atoms with Crippen molar-refractivity contribution in [3.63, 3.8) is 0 Å². The highest BCUT2D eigenvalue weighted by Crippen LogP contribution is 1.86. The first-order valence-electron chi connectivity index (χ1n) is 2.68. The van der Waals surface area contributed by atoms with Crippen molar-refractivity contribution in [2.45, 2.75) is 6.54 Å². The summed E-state index contributed by atoms with van der Waals surface area (Å²) in [6, 6.07) is 0. The van der Waals surface area contributed by atoms with Gasteiger partial charge in [0.2, 0.25) is 5.95 Å². The summed E-state index contributed by atoms with van der Waals surface area (Å²) in [7, 11) is 0. The Kier molecular flexibility index (Phi) is 1.64. The Morgan fingerprint density at radius 2 is 2.44 bits per heavy atom. The van der Waals surface area contributed by atoms with Crippen LogP contribution < -0.4 is 11.5 Å². The number of rotatable bonds is 2. The van der Waals surface area contributed by atoms with Crippen LogP contribution in [-0.4, -0.2) is 21.3 Å². The Labute approximate surface area is 52.7 Å². The van der Waals surface area contributed by atoms with Gasteiger partial charge in [-0.3, -0.25) is 0 Å². The molecule has 1 aromatic heterocycles. The minimum Gasteiger partial charge on any atom is -0.367 e. The Bertz CT molecular complexity index is 181. The lowest BCUT2D eigenvalue weighted by Crippen LogP contribution is -2.10. The summed E-state index contributed by atoms with van der Waals surface area (Å²) in [5.41, 5.74) is 10.5. The first kappa shape index (κ1) is 6.03. The molecule has 0 aliphatic heterocycles. The van der Waals surface area contributed by atoms with E-state index in [0.29, 0.717) is 19.0 Å². The Hall–Kier alpha value is -1.10. The molecule has 0 aliphatic carbocycles. The summed E-state index contributed by atoms with van der Waals surface area (Å²) in [5.74, 6) is 0.295. The first-order chi connectivity index (χ1) is 4.33. The third kappa shape index (κ3) is 1.39. The largest absolute Gasteiger partial charge is 0.367 e. The summed E-state index contributed by atoms with van der Waals surface area (Å²) < 4.78 is 1.61. The molecular weight excluding hydrogens is 118 g/mol. The highest BCUT2D eigenvalue weighted by molar-refractivity contribution is 5.08. The molecule has 0 radical (unpaired) electrons. The van der Waals surface area contributed by atoms with E-state index in [2.05, 4.69) is 10.1 Å². The molecule has 9 heavy (non-hydrogen) atoms. The predicted molar refractivity (Wildman–Crippen MR) is 33.5 cm³/mol. The molecule has 5 nitrogen and oxygen atoms in total. The lowest BCUT2D eigenvalue weighted by molar-refractivity contribution is 0.625. The summed E-state index contributed by atoms with van der Waals surface area (Å²) in [6.07, 6.45) is 1.56. The summed E-state index contributed by atoms with van der Waals surface area (Å²) in [6.45, 7) is 1.23. The second-order valence-electron chi connectivity index (χ2n) is 1.65. The second-order valence-corrected chi connectivity index (χ2v) is 1.65. The molecule has 1 heterocycles. The maximum absolute atomic E-state index is 5.24. The SMILES string of the molecule is NCCn1cnc(N)n1. The maximum atomic E-state index is 5.24. The predicted octanol–water partition coefficient (Wildman–Crippen LogP) is -1.18. The van der Waals surface area contributed by atoms with E-state index in [-0.39, 0.29) is 0 Å². The van der Waals surface area contributed by atoms with Crippen LogP contribution >= 0.6 is 0 Å². The minimum absolute atomic E-state index is 0.295. The average molecular weight is 127 g/mol. The number of anilines is 1. The van der Waals surface area contributed by atoms with E-state index in [1.165, 1.54) is 0 Å². The molecule has 0 saturated carbocycles. The number of nitrogens with two attached hydrogens (primary N) is 2. The maximum Gasteiger partial charge on any atom is 0.239 e. The molecule has 5 heteroatoms. The number of aromatic nitrogens is 3. The third-order valence-corrected chi connectivity index (χ3v) is 0.912. The van der Waals surface area contributed by atoms with E-state index >= 15 is 0 Å². The average Bonchev–Trinajstić information content (AvgIpc) is 2.17. The number of nitrogen functional groups attached to an aromatic ring is 1. The zero-order chi connectivity index (χ0) is 6.69. The molecule has 0 saturated heterocycles. The minimum atomic E-state index is 0.295. The normalized spacial score (nSPS) is 9.89. The first-order valence-corrected chi connectivity index (χ1v) is 2.68. The van der Waals surface area contributed by atoms with E-state index in [0.717, 1.165) is 0 Å². The Morgan fingerprint density at radius 1 is 1.67 bits per heavy atom. The molecular formula is C4H9N5. The van der Waals surface area contributed by atoms with Gasteiger partial charge in [0.25, 0.3) is 0 Å². The van der Waals surface area contributed by atoms with Crippen molar-refractivity contribution < 1.29 is 0 Å². The molecule has 1 rings (SSSR count). The van der Waals surface area contributed by atoms with Crippen molar-refractivity contribution in [3.05, 3.63) is 6.33 Å². The van der Waals surface area contributed by atoms with Gasteiger partial charge in [0.05, 0.1) is 6.54 Å². The van der Waals surface area contributed by atoms with Gasteiger partial charge in [0, 0.05) is 6.54 Å². The van der Waals surface area contributed by atoms with E-state index in [1.54, 1.807) is 11.0 Å². The van der Waals surface area contributed by atoms with Crippen LogP contribution in [0.2, 0.25) is 0 Å². The number of nitrogens with zero attached hydrogens (tertiary/aromatic N) is 3. The molecule has 50 valence electrons. The fraction of sp³-hybridized carbons (Fsp3) is 0.500. The van der Waals surface area contributed by atoms with Crippen LogP contribution in [0, 0.1) is 0 Å². The van der Waals surface area contributed by atoms with Gasteiger partial charge in [-0.2, -0.15) is 0 Å². The fourth-order valence-corrected chi connectivity index (χ4v) is 0.549. The summed E-state index contributed by atoms with van der Waals surface area (Å²) in [5, 5.41) is 3.80. The standard InChI is InChI=1S/C4H9N5/c5-1-2-9-3-7-4(6)8-9/h3H,1-2,5H2,(H2,6,8). The Morgan fingerprint density at radius 3 is 2.89 bits per heavy atom. The molecule has 0 bridgehead atoms. The summed E-state index contributed by atoms with van der Waals surface area (Å²) in [4.78, 5) is 3.71. The van der Waals surface area contributed by atoms with Gasteiger partial charge >= 0.3 is 0 Å². The zero-order valence-corrected chi connectivity index (χ0v) is 4.99. The Balaban J connectivity index is 2.61. The van der Waals surface area contributed by atoms with Gasteiger partial charge < -0.3 is 11.5 Å². The molecule has 1 aromatic rings. The van der Waals surface area contributed by atoms with E-state index in [1.807, 2.05) is 0 Å². The van der Waals surface area contributed by atoms with Gasteiger partial charge in [-0.05, 0) is 0 Å². The number of hydrogen-bond donors (Lipinski definition) is 2. The van der Waals surface area contributed by atoms with Crippen molar-refractivity contribution in [3.8, 4) is 0 Å². The molecule has 0 unspecified atom stereocenters. The quantitative estimate of drug-likeness (QED) is 0.523. The van der Waals surface area contributed by atoms with Crippen molar-refractivity contribution in [1.29, 1.82) is 0 Å². The molecule has 0 fully saturated rings. The van der Waals surface area contributed by atoms with Gasteiger partial charge in [0.1, 0.15) is 6.33 Å². The van der Waals surface area contributed by atoms with Crippen molar-refractivity contribution in [2.24, 2.45) is 5.73 Å². The molecule has 0 aromatic carbocycles. The lowest BCUT2D eigenvalue weighted by atomic mass is 10.7. The van der Waals surface area contributed by atoms with Crippen molar-refractivity contribution in [1.82, 2.24) is 14.8 Å². The topological polar surface area (TPSA) is 82.8 Å². The van der Waals surface area contributed by atoms with Crippen LogP contribution in [0.4, 0.5) is 5.95 Å². The van der Waals surface area contributed by atoms with Crippen LogP contribution in [-0.2, 0) is 6.54 Å². The third-order valence-electron chi connectivity index (χ3n) is 0.912. The van der Waals surface area contributed by atoms with Gasteiger partial charge in [-0.25, -0.2) is 9.67 Å². The van der Waals surface area contributed by atoms with E-state index in [4.69, 9.17) is 11.5 Å². The van der Waals surface area contributed by atoms with E-state index in [9.17, 15) is 0 Å². The molecule has 0 aliphatic rings. The molecule has 0 atom stereocenters. The van der Waals surface area contributed by atoms with Gasteiger partial charge in [-0.1, -0.05) is 0 Å². The highest BCUT2D eigenvalue weighted by Gasteiger charge is 1.91. The monoisotopic (exact) mass is 127 g/mol. The van der Waals surface area contributed by atoms with Crippen molar-refractivity contribution in [2.75, 3.05) is 12.3 Å². The van der Waals surface area contributed by atoms with Crippen LogP contribution in [0.25, 0.3) is 0 Å². The molecule has 4 N–H and O–H groups in total. The van der Waals surface area contributed by atoms with Crippen LogP contribution in [0.3, 0.4) is 0 Å². The highest BCUT2D eigenvalue weighted by atomic mass is 15.4. The molecule has 0 spiro atoms. The molecule has 0 amide bonds. The van der Waals surface area contributed by atoms with Gasteiger partial charge in [-0.15, -0.1) is 5.10 Å².